The van der Waals surface area contributed by atoms with Crippen molar-refractivity contribution in [2.75, 3.05) is 0 Å². The van der Waals surface area contributed by atoms with Crippen LogP contribution >= 0.6 is 11.6 Å². The second-order valence-corrected chi connectivity index (χ2v) is 6.98. The molecule has 0 fully saturated rings. The van der Waals surface area contributed by atoms with Crippen LogP contribution in [0.1, 0.15) is 5.76 Å². The highest BCUT2D eigenvalue weighted by atomic mass is 35.5. The molecule has 3 rings (SSSR count). The van der Waals surface area contributed by atoms with E-state index < -0.39 is 10.0 Å². The van der Waals surface area contributed by atoms with Crippen LogP contribution in [0.5, 0.6) is 0 Å². The number of sulfonamides is 1. The number of hydrogen-bond acceptors (Lipinski definition) is 4. The summed E-state index contributed by atoms with van der Waals surface area (Å²) in [5.74, 6) is 1.03. The predicted octanol–water partition coefficient (Wildman–Crippen LogP) is 3.91. The van der Waals surface area contributed by atoms with E-state index in [0.717, 1.165) is 5.56 Å². The summed E-state index contributed by atoms with van der Waals surface area (Å²) in [5.41, 5.74) is 0.826. The van der Waals surface area contributed by atoms with Crippen LogP contribution in [0, 0.1) is 0 Å². The van der Waals surface area contributed by atoms with Gasteiger partial charge >= 0.3 is 0 Å². The van der Waals surface area contributed by atoms with Crippen molar-refractivity contribution in [1.82, 2.24) is 4.83 Å². The Kier molecular flexibility index (Phi) is 4.69. The third-order valence-corrected chi connectivity index (χ3v) is 4.63. The summed E-state index contributed by atoms with van der Waals surface area (Å²) in [6, 6.07) is 18.7. The molecule has 0 bridgehead atoms. The molecule has 0 saturated heterocycles. The molecule has 0 atom stereocenters. The molecule has 0 saturated carbocycles. The number of rotatable bonds is 5. The first-order valence-corrected chi connectivity index (χ1v) is 8.86. The molecule has 0 aliphatic carbocycles. The summed E-state index contributed by atoms with van der Waals surface area (Å²) in [7, 11) is -3.69. The molecule has 0 amide bonds. The number of hydrogen-bond donors (Lipinski definition) is 1. The zero-order valence-corrected chi connectivity index (χ0v) is 14.0. The molecule has 5 nitrogen and oxygen atoms in total. The largest absolute Gasteiger partial charge is 0.455 e. The Morgan fingerprint density at radius 3 is 2.54 bits per heavy atom. The van der Waals surface area contributed by atoms with Crippen molar-refractivity contribution in [1.29, 1.82) is 0 Å². The molecular formula is C17H13ClN2O3S. The van der Waals surface area contributed by atoms with Crippen LogP contribution < -0.4 is 4.83 Å². The van der Waals surface area contributed by atoms with Gasteiger partial charge in [-0.1, -0.05) is 41.9 Å². The molecule has 7 heteroatoms. The molecule has 1 N–H and O–H groups in total. The minimum atomic E-state index is -3.69. The predicted molar refractivity (Wildman–Crippen MR) is 93.5 cm³/mol. The van der Waals surface area contributed by atoms with E-state index in [1.54, 1.807) is 42.5 Å². The average Bonchev–Trinajstić information content (AvgIpc) is 3.04. The molecule has 3 aromatic rings. The molecule has 24 heavy (non-hydrogen) atoms. The van der Waals surface area contributed by atoms with Gasteiger partial charge in [0.05, 0.1) is 11.1 Å². The topological polar surface area (TPSA) is 71.7 Å². The Hall–Kier alpha value is -2.57. The van der Waals surface area contributed by atoms with E-state index >= 15 is 0 Å². The van der Waals surface area contributed by atoms with Crippen LogP contribution in [0.2, 0.25) is 5.02 Å². The highest BCUT2D eigenvalue weighted by molar-refractivity contribution is 7.89. The standard InChI is InChI=1S/C17H13ClN2O3S/c18-14-6-4-5-13(11-14)17-10-9-15(23-17)12-19-20-24(21,22)16-7-2-1-3-8-16/h1-12,20H/b19-12-. The minimum absolute atomic E-state index is 0.140. The molecule has 0 unspecified atom stereocenters. The third kappa shape index (κ3) is 3.84. The zero-order valence-electron chi connectivity index (χ0n) is 12.4. The number of halogens is 1. The summed E-state index contributed by atoms with van der Waals surface area (Å²) < 4.78 is 29.6. The van der Waals surface area contributed by atoms with Gasteiger partial charge in [0.15, 0.2) is 0 Å². The van der Waals surface area contributed by atoms with Crippen LogP contribution in [-0.4, -0.2) is 14.6 Å². The maximum absolute atomic E-state index is 12.0. The quantitative estimate of drug-likeness (QED) is 0.553. The van der Waals surface area contributed by atoms with Gasteiger partial charge in [-0.15, -0.1) is 0 Å². The van der Waals surface area contributed by atoms with E-state index in [1.165, 1.54) is 18.3 Å². The first-order valence-electron chi connectivity index (χ1n) is 7.00. The van der Waals surface area contributed by atoms with Crippen molar-refractivity contribution in [3.05, 3.63) is 77.5 Å². The summed E-state index contributed by atoms with van der Waals surface area (Å²) in [5, 5.41) is 4.34. The van der Waals surface area contributed by atoms with Crippen LogP contribution in [0.3, 0.4) is 0 Å². The fraction of sp³-hybridized carbons (Fsp3) is 0. The number of furan rings is 1. The Morgan fingerprint density at radius 2 is 1.79 bits per heavy atom. The Morgan fingerprint density at radius 1 is 1.00 bits per heavy atom. The van der Waals surface area contributed by atoms with Crippen molar-refractivity contribution in [2.24, 2.45) is 5.10 Å². The second-order valence-electron chi connectivity index (χ2n) is 4.88. The van der Waals surface area contributed by atoms with Crippen molar-refractivity contribution in [2.45, 2.75) is 4.90 Å². The maximum atomic E-state index is 12.0. The normalized spacial score (nSPS) is 11.7. The van der Waals surface area contributed by atoms with Crippen molar-refractivity contribution >= 4 is 27.8 Å². The Balaban J connectivity index is 1.72. The Labute approximate surface area is 144 Å². The van der Waals surface area contributed by atoms with E-state index in [4.69, 9.17) is 16.0 Å². The van der Waals surface area contributed by atoms with Gasteiger partial charge in [0.1, 0.15) is 11.5 Å². The number of benzene rings is 2. The van der Waals surface area contributed by atoms with E-state index in [2.05, 4.69) is 9.93 Å². The van der Waals surface area contributed by atoms with Crippen molar-refractivity contribution in [3.8, 4) is 11.3 Å². The minimum Gasteiger partial charge on any atom is -0.455 e. The molecule has 1 aromatic heterocycles. The van der Waals surface area contributed by atoms with Crippen molar-refractivity contribution in [3.63, 3.8) is 0 Å². The molecule has 1 heterocycles. The number of nitrogens with zero attached hydrogens (tertiary/aromatic N) is 1. The van der Waals surface area contributed by atoms with Gasteiger partial charge in [0.25, 0.3) is 10.0 Å². The van der Waals surface area contributed by atoms with Gasteiger partial charge in [-0.3, -0.25) is 0 Å². The molecule has 0 spiro atoms. The monoisotopic (exact) mass is 360 g/mol. The molecule has 0 radical (unpaired) electrons. The lowest BCUT2D eigenvalue weighted by molar-refractivity contribution is 0.573. The number of nitrogens with one attached hydrogen (secondary N) is 1. The highest BCUT2D eigenvalue weighted by Gasteiger charge is 2.11. The van der Waals surface area contributed by atoms with Gasteiger partial charge < -0.3 is 4.42 Å². The SMILES string of the molecule is O=S(=O)(N/N=C\c1ccc(-c2cccc(Cl)c2)o1)c1ccccc1. The molecular weight excluding hydrogens is 348 g/mol. The molecule has 0 aliphatic heterocycles. The van der Waals surface area contributed by atoms with Crippen LogP contribution in [0.4, 0.5) is 0 Å². The smallest absolute Gasteiger partial charge is 0.276 e. The molecule has 2 aromatic carbocycles. The van der Waals surface area contributed by atoms with E-state index in [1.807, 2.05) is 12.1 Å². The average molecular weight is 361 g/mol. The Bertz CT molecular complexity index is 966. The van der Waals surface area contributed by atoms with E-state index in [-0.39, 0.29) is 4.90 Å². The second kappa shape index (κ2) is 6.90. The fourth-order valence-corrected chi connectivity index (χ4v) is 3.03. The van der Waals surface area contributed by atoms with Gasteiger partial charge in [-0.2, -0.15) is 18.4 Å². The zero-order chi connectivity index (χ0) is 17.0. The van der Waals surface area contributed by atoms with E-state index in [0.29, 0.717) is 16.5 Å². The summed E-state index contributed by atoms with van der Waals surface area (Å²) in [4.78, 5) is 2.28. The summed E-state index contributed by atoms with van der Waals surface area (Å²) in [6.07, 6.45) is 1.30. The van der Waals surface area contributed by atoms with Gasteiger partial charge in [0, 0.05) is 10.6 Å². The lowest BCUT2D eigenvalue weighted by Gasteiger charge is -2.01. The van der Waals surface area contributed by atoms with E-state index in [9.17, 15) is 8.42 Å². The maximum Gasteiger partial charge on any atom is 0.276 e. The lowest BCUT2D eigenvalue weighted by Crippen LogP contribution is -2.18. The summed E-state index contributed by atoms with van der Waals surface area (Å²) in [6.45, 7) is 0. The fourth-order valence-electron chi connectivity index (χ4n) is 2.03. The summed E-state index contributed by atoms with van der Waals surface area (Å²) >= 11 is 5.95. The van der Waals surface area contributed by atoms with Gasteiger partial charge in [-0.25, -0.2) is 0 Å². The molecule has 0 aliphatic rings. The van der Waals surface area contributed by atoms with Gasteiger partial charge in [-0.05, 0) is 36.4 Å². The lowest BCUT2D eigenvalue weighted by atomic mass is 10.2. The van der Waals surface area contributed by atoms with Crippen LogP contribution in [0.25, 0.3) is 11.3 Å². The van der Waals surface area contributed by atoms with Crippen LogP contribution in [0.15, 0.2) is 81.1 Å². The first-order chi connectivity index (χ1) is 11.5. The number of hydrazone groups is 1. The van der Waals surface area contributed by atoms with Crippen molar-refractivity contribution < 1.29 is 12.8 Å². The first kappa shape index (κ1) is 16.3. The van der Waals surface area contributed by atoms with Gasteiger partial charge in [0.2, 0.25) is 0 Å². The highest BCUT2D eigenvalue weighted by Crippen LogP contribution is 2.24. The van der Waals surface area contributed by atoms with Crippen LogP contribution in [-0.2, 0) is 10.0 Å². The molecule has 122 valence electrons. The third-order valence-electron chi connectivity index (χ3n) is 3.15.